The molecule has 0 fully saturated rings. The van der Waals surface area contributed by atoms with Gasteiger partial charge in [-0.3, -0.25) is 0 Å². The second-order valence-corrected chi connectivity index (χ2v) is 3.35. The average molecular weight is 219 g/mol. The first kappa shape index (κ1) is 10.6. The fourth-order valence-corrected chi connectivity index (χ4v) is 1.30. The third-order valence-electron chi connectivity index (χ3n) is 2.15. The van der Waals surface area contributed by atoms with Crippen molar-refractivity contribution in [3.8, 4) is 5.88 Å². The van der Waals surface area contributed by atoms with Crippen LogP contribution in [0.4, 0.5) is 0 Å². The summed E-state index contributed by atoms with van der Waals surface area (Å²) in [7, 11) is 1.60. The van der Waals surface area contributed by atoms with Crippen LogP contribution in [0.3, 0.4) is 0 Å². The van der Waals surface area contributed by atoms with Gasteiger partial charge in [0.2, 0.25) is 5.88 Å². The van der Waals surface area contributed by atoms with Crippen molar-refractivity contribution >= 4 is 0 Å². The lowest BCUT2D eigenvalue weighted by molar-refractivity contribution is 0.397. The third-order valence-corrected chi connectivity index (χ3v) is 2.15. The molecule has 0 aliphatic heterocycles. The minimum atomic E-state index is 0.628. The van der Waals surface area contributed by atoms with E-state index >= 15 is 0 Å². The molecule has 0 aromatic carbocycles. The van der Waals surface area contributed by atoms with Crippen LogP contribution < -0.4 is 10.1 Å². The highest BCUT2D eigenvalue weighted by atomic mass is 16.5. The van der Waals surface area contributed by atoms with Crippen LogP contribution in [-0.4, -0.2) is 17.3 Å². The van der Waals surface area contributed by atoms with Crippen LogP contribution in [0.15, 0.2) is 35.3 Å². The van der Waals surface area contributed by atoms with Crippen LogP contribution in [0.25, 0.3) is 0 Å². The van der Waals surface area contributed by atoms with Crippen LogP contribution in [0.1, 0.15) is 11.1 Å². The third kappa shape index (κ3) is 2.80. The van der Waals surface area contributed by atoms with E-state index in [0.29, 0.717) is 5.88 Å². The molecular weight excluding hydrogens is 206 g/mol. The number of pyridine rings is 1. The zero-order chi connectivity index (χ0) is 11.2. The Hall–Kier alpha value is -1.88. The van der Waals surface area contributed by atoms with E-state index in [2.05, 4.69) is 15.5 Å². The second kappa shape index (κ2) is 5.27. The SMILES string of the molecule is COc1ccc(CNCc2cnoc2)cn1. The van der Waals surface area contributed by atoms with E-state index in [1.807, 2.05) is 12.1 Å². The standard InChI is InChI=1S/C11H13N3O2/c1-15-11-3-2-9(6-13-11)4-12-5-10-7-14-16-8-10/h2-3,6-8,12H,4-5H2,1H3. The Morgan fingerprint density at radius 2 is 2.12 bits per heavy atom. The Morgan fingerprint density at radius 3 is 2.75 bits per heavy atom. The van der Waals surface area contributed by atoms with E-state index in [4.69, 9.17) is 9.26 Å². The smallest absolute Gasteiger partial charge is 0.212 e. The van der Waals surface area contributed by atoms with Crippen molar-refractivity contribution in [2.75, 3.05) is 7.11 Å². The zero-order valence-electron chi connectivity index (χ0n) is 9.01. The summed E-state index contributed by atoms with van der Waals surface area (Å²) in [6, 6.07) is 3.82. The van der Waals surface area contributed by atoms with Gasteiger partial charge in [-0.2, -0.15) is 0 Å². The van der Waals surface area contributed by atoms with Gasteiger partial charge in [0.15, 0.2) is 0 Å². The van der Waals surface area contributed by atoms with Crippen molar-refractivity contribution in [3.63, 3.8) is 0 Å². The highest BCUT2D eigenvalue weighted by Crippen LogP contribution is 2.06. The lowest BCUT2D eigenvalue weighted by Crippen LogP contribution is -2.12. The number of ether oxygens (including phenoxy) is 1. The van der Waals surface area contributed by atoms with Gasteiger partial charge in [0, 0.05) is 30.9 Å². The molecule has 0 bridgehead atoms. The molecular formula is C11H13N3O2. The molecule has 1 N–H and O–H groups in total. The fourth-order valence-electron chi connectivity index (χ4n) is 1.30. The number of hydrogen-bond acceptors (Lipinski definition) is 5. The summed E-state index contributed by atoms with van der Waals surface area (Å²) in [5.41, 5.74) is 2.14. The predicted octanol–water partition coefficient (Wildman–Crippen LogP) is 1.37. The first-order valence-electron chi connectivity index (χ1n) is 4.96. The number of hydrogen-bond donors (Lipinski definition) is 1. The minimum absolute atomic E-state index is 0.628. The van der Waals surface area contributed by atoms with Gasteiger partial charge in [0.1, 0.15) is 6.26 Å². The van der Waals surface area contributed by atoms with Gasteiger partial charge in [0.05, 0.1) is 13.3 Å². The summed E-state index contributed by atoms with van der Waals surface area (Å²) in [5.74, 6) is 0.628. The van der Waals surface area contributed by atoms with Crippen LogP contribution in [0.2, 0.25) is 0 Å². The van der Waals surface area contributed by atoms with E-state index in [1.54, 1.807) is 25.8 Å². The molecule has 0 radical (unpaired) electrons. The Kier molecular flexibility index (Phi) is 3.50. The number of nitrogens with zero attached hydrogens (tertiary/aromatic N) is 2. The van der Waals surface area contributed by atoms with Gasteiger partial charge in [0.25, 0.3) is 0 Å². The molecule has 84 valence electrons. The molecule has 0 aliphatic carbocycles. The zero-order valence-corrected chi connectivity index (χ0v) is 9.01. The molecule has 0 spiro atoms. The highest BCUT2D eigenvalue weighted by Gasteiger charge is 1.97. The van der Waals surface area contributed by atoms with Crippen molar-refractivity contribution in [2.24, 2.45) is 0 Å². The van der Waals surface area contributed by atoms with Crippen LogP contribution in [-0.2, 0) is 13.1 Å². The van der Waals surface area contributed by atoms with Gasteiger partial charge in [-0.05, 0) is 5.56 Å². The fraction of sp³-hybridized carbons (Fsp3) is 0.273. The molecule has 0 saturated carbocycles. The normalized spacial score (nSPS) is 10.3. The van der Waals surface area contributed by atoms with E-state index in [1.165, 1.54) is 0 Å². The number of aromatic nitrogens is 2. The van der Waals surface area contributed by atoms with Gasteiger partial charge < -0.3 is 14.6 Å². The molecule has 0 atom stereocenters. The van der Waals surface area contributed by atoms with Gasteiger partial charge in [-0.25, -0.2) is 4.98 Å². The van der Waals surface area contributed by atoms with E-state index in [9.17, 15) is 0 Å². The molecule has 2 aromatic rings. The van der Waals surface area contributed by atoms with Crippen LogP contribution >= 0.6 is 0 Å². The minimum Gasteiger partial charge on any atom is -0.481 e. The van der Waals surface area contributed by atoms with Crippen LogP contribution in [0, 0.1) is 0 Å². The summed E-state index contributed by atoms with van der Waals surface area (Å²) in [6.07, 6.45) is 5.11. The monoisotopic (exact) mass is 219 g/mol. The second-order valence-electron chi connectivity index (χ2n) is 3.35. The van der Waals surface area contributed by atoms with Crippen molar-refractivity contribution in [3.05, 3.63) is 41.9 Å². The van der Waals surface area contributed by atoms with Crippen molar-refractivity contribution in [2.45, 2.75) is 13.1 Å². The summed E-state index contributed by atoms with van der Waals surface area (Å²) in [6.45, 7) is 1.48. The van der Waals surface area contributed by atoms with Gasteiger partial charge >= 0.3 is 0 Å². The maximum absolute atomic E-state index is 4.98. The Balaban J connectivity index is 1.81. The Labute approximate surface area is 93.4 Å². The van der Waals surface area contributed by atoms with Gasteiger partial charge in [-0.15, -0.1) is 0 Å². The molecule has 2 rings (SSSR count). The molecule has 5 nitrogen and oxygen atoms in total. The molecule has 0 aliphatic rings. The summed E-state index contributed by atoms with van der Waals surface area (Å²) < 4.78 is 9.71. The van der Waals surface area contributed by atoms with Crippen molar-refractivity contribution < 1.29 is 9.26 Å². The largest absolute Gasteiger partial charge is 0.481 e. The summed E-state index contributed by atoms with van der Waals surface area (Å²) in [4.78, 5) is 4.12. The predicted molar refractivity (Wildman–Crippen MR) is 57.8 cm³/mol. The number of methoxy groups -OCH3 is 1. The summed E-state index contributed by atoms with van der Waals surface area (Å²) >= 11 is 0. The van der Waals surface area contributed by atoms with Crippen molar-refractivity contribution in [1.82, 2.24) is 15.5 Å². The molecule has 0 saturated heterocycles. The topological polar surface area (TPSA) is 60.2 Å². The number of rotatable bonds is 5. The number of nitrogens with one attached hydrogen (secondary N) is 1. The molecule has 0 amide bonds. The lowest BCUT2D eigenvalue weighted by atomic mass is 10.2. The molecule has 2 aromatic heterocycles. The van der Waals surface area contributed by atoms with E-state index in [0.717, 1.165) is 24.2 Å². The Bertz CT molecular complexity index is 411. The maximum atomic E-state index is 4.98. The Morgan fingerprint density at radius 1 is 1.25 bits per heavy atom. The maximum Gasteiger partial charge on any atom is 0.212 e. The highest BCUT2D eigenvalue weighted by molar-refractivity contribution is 5.17. The van der Waals surface area contributed by atoms with Crippen LogP contribution in [0.5, 0.6) is 5.88 Å². The first-order chi connectivity index (χ1) is 7.88. The molecule has 2 heterocycles. The van der Waals surface area contributed by atoms with Gasteiger partial charge in [-0.1, -0.05) is 11.2 Å². The molecule has 0 unspecified atom stereocenters. The van der Waals surface area contributed by atoms with Crippen molar-refractivity contribution in [1.29, 1.82) is 0 Å². The van der Waals surface area contributed by atoms with E-state index in [-0.39, 0.29) is 0 Å². The molecule has 16 heavy (non-hydrogen) atoms. The quantitative estimate of drug-likeness (QED) is 0.822. The first-order valence-corrected chi connectivity index (χ1v) is 4.96. The lowest BCUT2D eigenvalue weighted by Gasteiger charge is -2.03. The molecule has 5 heteroatoms. The average Bonchev–Trinajstić information content (AvgIpc) is 2.83. The summed E-state index contributed by atoms with van der Waals surface area (Å²) in [5, 5.41) is 6.89. The van der Waals surface area contributed by atoms with E-state index < -0.39 is 0 Å².